The van der Waals surface area contributed by atoms with E-state index in [9.17, 15) is 4.79 Å². The lowest BCUT2D eigenvalue weighted by Crippen LogP contribution is -2.15. The first kappa shape index (κ1) is 16.3. The Bertz CT molecular complexity index is 714. The Balaban J connectivity index is 1.81. The second-order valence-corrected chi connectivity index (χ2v) is 7.48. The number of hydrogen-bond acceptors (Lipinski definition) is 4. The van der Waals surface area contributed by atoms with E-state index in [-0.39, 0.29) is 11.2 Å². The van der Waals surface area contributed by atoms with Crippen molar-refractivity contribution in [2.45, 2.75) is 49.1 Å². The zero-order valence-electron chi connectivity index (χ0n) is 12.9. The Hall–Kier alpha value is -1.53. The first-order valence-electron chi connectivity index (χ1n) is 7.68. The molecule has 1 fully saturated rings. The van der Waals surface area contributed by atoms with Crippen LogP contribution in [-0.2, 0) is 11.3 Å². The molecule has 1 atom stereocenters. The number of benzene rings is 1. The third-order valence-electron chi connectivity index (χ3n) is 3.90. The van der Waals surface area contributed by atoms with E-state index >= 15 is 0 Å². The van der Waals surface area contributed by atoms with Crippen molar-refractivity contribution in [2.24, 2.45) is 5.73 Å². The van der Waals surface area contributed by atoms with Gasteiger partial charge in [-0.1, -0.05) is 41.6 Å². The van der Waals surface area contributed by atoms with E-state index < -0.39 is 0 Å². The molecule has 1 aliphatic rings. The molecule has 1 aromatic heterocycles. The molecular formula is C16H19ClN4OS. The molecule has 2 N–H and O–H groups in total. The predicted molar refractivity (Wildman–Crippen MR) is 91.5 cm³/mol. The van der Waals surface area contributed by atoms with E-state index in [2.05, 4.69) is 17.1 Å². The third-order valence-corrected chi connectivity index (χ3v) is 5.36. The molecule has 1 aliphatic carbocycles. The van der Waals surface area contributed by atoms with Crippen LogP contribution < -0.4 is 5.73 Å². The number of primary amides is 1. The lowest BCUT2D eigenvalue weighted by Gasteiger charge is -2.14. The number of rotatable bonds is 7. The van der Waals surface area contributed by atoms with Crippen molar-refractivity contribution in [3.05, 3.63) is 40.7 Å². The van der Waals surface area contributed by atoms with Gasteiger partial charge in [-0.25, -0.2) is 0 Å². The number of hydrogen-bond donors (Lipinski definition) is 1. The summed E-state index contributed by atoms with van der Waals surface area (Å²) in [7, 11) is 0. The van der Waals surface area contributed by atoms with Gasteiger partial charge in [-0.3, -0.25) is 4.79 Å². The van der Waals surface area contributed by atoms with Gasteiger partial charge in [0, 0.05) is 29.2 Å². The van der Waals surface area contributed by atoms with Crippen molar-refractivity contribution < 1.29 is 4.79 Å². The Kier molecular flexibility index (Phi) is 4.92. The summed E-state index contributed by atoms with van der Waals surface area (Å²) in [5, 5.41) is 10.4. The highest BCUT2D eigenvalue weighted by atomic mass is 35.5. The van der Waals surface area contributed by atoms with Gasteiger partial charge in [0.1, 0.15) is 5.82 Å². The standard InChI is InChI=1S/C16H19ClN4OS/c1-10(12-4-2-3-5-13(12)17)23-16-20-19-15(11-6-7-11)21(16)9-8-14(18)22/h2-5,10-11H,6-9H2,1H3,(H2,18,22). The molecule has 1 heterocycles. The lowest BCUT2D eigenvalue weighted by atomic mass is 10.2. The molecule has 1 saturated carbocycles. The highest BCUT2D eigenvalue weighted by Crippen LogP contribution is 2.42. The maximum absolute atomic E-state index is 11.1. The SMILES string of the molecule is CC(Sc1nnc(C2CC2)n1CCC(N)=O)c1ccccc1Cl. The number of thioether (sulfide) groups is 1. The van der Waals surface area contributed by atoms with Crippen molar-refractivity contribution in [1.82, 2.24) is 14.8 Å². The molecule has 1 aromatic carbocycles. The van der Waals surface area contributed by atoms with E-state index in [0.29, 0.717) is 18.9 Å². The number of halogens is 1. The van der Waals surface area contributed by atoms with Gasteiger partial charge in [0.15, 0.2) is 5.16 Å². The highest BCUT2D eigenvalue weighted by Gasteiger charge is 2.31. The van der Waals surface area contributed by atoms with Crippen LogP contribution in [0.25, 0.3) is 0 Å². The normalized spacial score (nSPS) is 15.6. The summed E-state index contributed by atoms with van der Waals surface area (Å²) in [6.45, 7) is 2.63. The van der Waals surface area contributed by atoms with Gasteiger partial charge >= 0.3 is 0 Å². The van der Waals surface area contributed by atoms with Crippen LogP contribution in [-0.4, -0.2) is 20.7 Å². The van der Waals surface area contributed by atoms with Gasteiger partial charge in [0.05, 0.1) is 0 Å². The lowest BCUT2D eigenvalue weighted by molar-refractivity contribution is -0.118. The van der Waals surface area contributed by atoms with Gasteiger partial charge in [0.25, 0.3) is 0 Å². The maximum atomic E-state index is 11.1. The molecule has 0 aliphatic heterocycles. The van der Waals surface area contributed by atoms with Gasteiger partial charge in [0.2, 0.25) is 5.91 Å². The fraction of sp³-hybridized carbons (Fsp3) is 0.438. The van der Waals surface area contributed by atoms with Crippen LogP contribution in [0.3, 0.4) is 0 Å². The number of aromatic nitrogens is 3. The third kappa shape index (κ3) is 3.87. The average molecular weight is 351 g/mol. The Morgan fingerprint density at radius 2 is 2.17 bits per heavy atom. The number of carbonyl (C=O) groups is 1. The van der Waals surface area contributed by atoms with E-state index in [1.54, 1.807) is 11.8 Å². The van der Waals surface area contributed by atoms with Gasteiger partial charge in [-0.05, 0) is 31.4 Å². The molecule has 122 valence electrons. The molecule has 23 heavy (non-hydrogen) atoms. The predicted octanol–water partition coefficient (Wildman–Crippen LogP) is 3.54. The van der Waals surface area contributed by atoms with Gasteiger partial charge in [-0.15, -0.1) is 10.2 Å². The number of carbonyl (C=O) groups excluding carboxylic acids is 1. The molecule has 3 rings (SSSR count). The number of nitrogens with two attached hydrogens (primary N) is 1. The monoisotopic (exact) mass is 350 g/mol. The molecule has 0 bridgehead atoms. The first-order valence-corrected chi connectivity index (χ1v) is 8.94. The van der Waals surface area contributed by atoms with E-state index in [0.717, 1.165) is 34.4 Å². The molecular weight excluding hydrogens is 332 g/mol. The summed E-state index contributed by atoms with van der Waals surface area (Å²) in [6, 6.07) is 7.81. The molecule has 0 radical (unpaired) electrons. The van der Waals surface area contributed by atoms with E-state index in [1.807, 2.05) is 28.8 Å². The second kappa shape index (κ2) is 6.93. The topological polar surface area (TPSA) is 73.8 Å². The summed E-state index contributed by atoms with van der Waals surface area (Å²) in [5.74, 6) is 1.14. The summed E-state index contributed by atoms with van der Waals surface area (Å²) >= 11 is 7.88. The van der Waals surface area contributed by atoms with Crippen molar-refractivity contribution in [3.8, 4) is 0 Å². The maximum Gasteiger partial charge on any atom is 0.219 e. The summed E-state index contributed by atoms with van der Waals surface area (Å²) in [5.41, 5.74) is 6.36. The average Bonchev–Trinajstić information content (AvgIpc) is 3.28. The van der Waals surface area contributed by atoms with Crippen LogP contribution in [0.4, 0.5) is 0 Å². The largest absolute Gasteiger partial charge is 0.370 e. The van der Waals surface area contributed by atoms with Crippen LogP contribution >= 0.6 is 23.4 Å². The zero-order valence-corrected chi connectivity index (χ0v) is 14.5. The quantitative estimate of drug-likeness (QED) is 0.775. The minimum atomic E-state index is -0.310. The van der Waals surface area contributed by atoms with Crippen LogP contribution in [0.15, 0.2) is 29.4 Å². The molecule has 0 saturated heterocycles. The Morgan fingerprint density at radius 1 is 1.43 bits per heavy atom. The molecule has 2 aromatic rings. The minimum absolute atomic E-state index is 0.146. The molecule has 7 heteroatoms. The van der Waals surface area contributed by atoms with Crippen LogP contribution in [0.5, 0.6) is 0 Å². The Labute approximate surface area is 144 Å². The summed E-state index contributed by atoms with van der Waals surface area (Å²) in [4.78, 5) is 11.1. The molecule has 1 amide bonds. The van der Waals surface area contributed by atoms with E-state index in [1.165, 1.54) is 0 Å². The molecule has 5 nitrogen and oxygen atoms in total. The molecule has 1 unspecified atom stereocenters. The van der Waals surface area contributed by atoms with Crippen molar-refractivity contribution in [1.29, 1.82) is 0 Å². The zero-order chi connectivity index (χ0) is 16.4. The minimum Gasteiger partial charge on any atom is -0.370 e. The van der Waals surface area contributed by atoms with E-state index in [4.69, 9.17) is 17.3 Å². The van der Waals surface area contributed by atoms with Crippen molar-refractivity contribution in [3.63, 3.8) is 0 Å². The van der Waals surface area contributed by atoms with Crippen LogP contribution in [0, 0.1) is 0 Å². The number of amides is 1. The summed E-state index contributed by atoms with van der Waals surface area (Å²) < 4.78 is 2.04. The first-order chi connectivity index (χ1) is 11.1. The van der Waals surface area contributed by atoms with Gasteiger partial charge < -0.3 is 10.3 Å². The second-order valence-electron chi connectivity index (χ2n) is 5.76. The highest BCUT2D eigenvalue weighted by molar-refractivity contribution is 7.99. The van der Waals surface area contributed by atoms with Gasteiger partial charge in [-0.2, -0.15) is 0 Å². The van der Waals surface area contributed by atoms with Crippen molar-refractivity contribution in [2.75, 3.05) is 0 Å². The fourth-order valence-electron chi connectivity index (χ4n) is 2.49. The smallest absolute Gasteiger partial charge is 0.219 e. The summed E-state index contributed by atoms with van der Waals surface area (Å²) in [6.07, 6.45) is 2.57. The fourth-order valence-corrected chi connectivity index (χ4v) is 3.90. The van der Waals surface area contributed by atoms with Crippen LogP contribution in [0.1, 0.15) is 48.7 Å². The molecule has 0 spiro atoms. The Morgan fingerprint density at radius 3 is 2.83 bits per heavy atom. The van der Waals surface area contributed by atoms with Crippen molar-refractivity contribution >= 4 is 29.3 Å². The van der Waals surface area contributed by atoms with Crippen LogP contribution in [0.2, 0.25) is 5.02 Å². The number of nitrogens with zero attached hydrogens (tertiary/aromatic N) is 3.